The molecule has 0 radical (unpaired) electrons. The van der Waals surface area contributed by atoms with Gasteiger partial charge >= 0.3 is 0 Å². The van der Waals surface area contributed by atoms with Crippen molar-refractivity contribution < 1.29 is 4.74 Å². The molecule has 0 aromatic heterocycles. The van der Waals surface area contributed by atoms with Gasteiger partial charge in [0.15, 0.2) is 0 Å². The Morgan fingerprint density at radius 3 is 2.42 bits per heavy atom. The molecule has 3 heteroatoms. The number of nitrogens with one attached hydrogen (secondary N) is 1. The van der Waals surface area contributed by atoms with Gasteiger partial charge in [-0.05, 0) is 63.5 Å². The van der Waals surface area contributed by atoms with Gasteiger partial charge in [0.05, 0.1) is 7.11 Å². The second kappa shape index (κ2) is 7.51. The van der Waals surface area contributed by atoms with Crippen molar-refractivity contribution in [3.05, 3.63) is 28.3 Å². The molecule has 0 unspecified atom stereocenters. The smallest absolute Gasteiger partial charge is 0.124 e. The third-order valence-electron chi connectivity index (χ3n) is 3.84. The number of ether oxygens (including phenoxy) is 1. The molecule has 0 amide bonds. The number of hydrogen-bond acceptors (Lipinski definition) is 3. The SMILES string of the molecule is CNCCN(C)CCc1cc(C)c(OC)c(C)c1C. The molecule has 0 saturated heterocycles. The van der Waals surface area contributed by atoms with Crippen LogP contribution in [0, 0.1) is 20.8 Å². The number of benzene rings is 1. The second-order valence-electron chi connectivity index (χ2n) is 5.29. The van der Waals surface area contributed by atoms with E-state index in [1.165, 1.54) is 22.3 Å². The van der Waals surface area contributed by atoms with E-state index in [9.17, 15) is 0 Å². The highest BCUT2D eigenvalue weighted by atomic mass is 16.5. The van der Waals surface area contributed by atoms with Crippen molar-refractivity contribution in [3.63, 3.8) is 0 Å². The Labute approximate surface area is 118 Å². The molecule has 19 heavy (non-hydrogen) atoms. The van der Waals surface area contributed by atoms with E-state index in [2.05, 4.69) is 44.1 Å². The normalized spacial score (nSPS) is 11.1. The molecule has 0 aliphatic carbocycles. The number of rotatable bonds is 7. The van der Waals surface area contributed by atoms with E-state index in [-0.39, 0.29) is 0 Å². The first-order chi connectivity index (χ1) is 9.01. The summed E-state index contributed by atoms with van der Waals surface area (Å²) in [5.41, 5.74) is 5.31. The highest BCUT2D eigenvalue weighted by molar-refractivity contribution is 5.49. The summed E-state index contributed by atoms with van der Waals surface area (Å²) in [4.78, 5) is 2.37. The number of hydrogen-bond donors (Lipinski definition) is 1. The zero-order valence-electron chi connectivity index (χ0n) is 13.3. The zero-order valence-corrected chi connectivity index (χ0v) is 13.3. The maximum Gasteiger partial charge on any atom is 0.124 e. The maximum absolute atomic E-state index is 5.47. The molecule has 0 saturated carbocycles. The van der Waals surface area contributed by atoms with Crippen molar-refractivity contribution in [2.45, 2.75) is 27.2 Å². The Bertz CT molecular complexity index is 416. The predicted molar refractivity (Wildman–Crippen MR) is 82.3 cm³/mol. The molecular weight excluding hydrogens is 236 g/mol. The van der Waals surface area contributed by atoms with Crippen LogP contribution in [0.25, 0.3) is 0 Å². The van der Waals surface area contributed by atoms with Gasteiger partial charge in [-0.2, -0.15) is 0 Å². The van der Waals surface area contributed by atoms with Crippen molar-refractivity contribution in [2.75, 3.05) is 40.8 Å². The van der Waals surface area contributed by atoms with Crippen molar-refractivity contribution in [3.8, 4) is 5.75 Å². The van der Waals surface area contributed by atoms with E-state index in [1.807, 2.05) is 7.05 Å². The second-order valence-corrected chi connectivity index (χ2v) is 5.29. The molecule has 0 fully saturated rings. The minimum atomic E-state index is 1.03. The molecule has 1 rings (SSSR count). The first kappa shape index (κ1) is 16.0. The highest BCUT2D eigenvalue weighted by Gasteiger charge is 2.10. The van der Waals surface area contributed by atoms with Crippen LogP contribution in [-0.2, 0) is 6.42 Å². The maximum atomic E-state index is 5.47. The van der Waals surface area contributed by atoms with Crippen LogP contribution in [0.4, 0.5) is 0 Å². The molecule has 0 bridgehead atoms. The van der Waals surface area contributed by atoms with Gasteiger partial charge in [-0.15, -0.1) is 0 Å². The van der Waals surface area contributed by atoms with E-state index < -0.39 is 0 Å². The molecule has 0 atom stereocenters. The summed E-state index contributed by atoms with van der Waals surface area (Å²) in [5, 5.41) is 3.18. The lowest BCUT2D eigenvalue weighted by atomic mass is 9.96. The first-order valence-electron chi connectivity index (χ1n) is 6.98. The molecule has 1 aromatic rings. The monoisotopic (exact) mass is 264 g/mol. The summed E-state index contributed by atoms with van der Waals surface area (Å²) < 4.78 is 5.47. The fraction of sp³-hybridized carbons (Fsp3) is 0.625. The molecule has 1 N–H and O–H groups in total. The van der Waals surface area contributed by atoms with Crippen molar-refractivity contribution >= 4 is 0 Å². The molecule has 1 aromatic carbocycles. The van der Waals surface area contributed by atoms with Crippen LogP contribution in [-0.4, -0.2) is 45.7 Å². The minimum Gasteiger partial charge on any atom is -0.496 e. The van der Waals surface area contributed by atoms with E-state index in [4.69, 9.17) is 4.74 Å². The molecule has 0 aliphatic rings. The van der Waals surface area contributed by atoms with E-state index in [1.54, 1.807) is 7.11 Å². The largest absolute Gasteiger partial charge is 0.496 e. The highest BCUT2D eigenvalue weighted by Crippen LogP contribution is 2.28. The van der Waals surface area contributed by atoms with Gasteiger partial charge in [0, 0.05) is 19.6 Å². The molecule has 0 heterocycles. The van der Waals surface area contributed by atoms with Crippen LogP contribution < -0.4 is 10.1 Å². The van der Waals surface area contributed by atoms with Gasteiger partial charge in [-0.25, -0.2) is 0 Å². The van der Waals surface area contributed by atoms with Crippen LogP contribution >= 0.6 is 0 Å². The quantitative estimate of drug-likeness (QED) is 0.818. The standard InChI is InChI=1S/C16H28N2O/c1-12-11-15(7-9-18(5)10-8-17-4)13(2)14(3)16(12)19-6/h11,17H,7-10H2,1-6H3. The first-order valence-corrected chi connectivity index (χ1v) is 6.98. The molecule has 3 nitrogen and oxygen atoms in total. The molecule has 0 aliphatic heterocycles. The van der Waals surface area contributed by atoms with Gasteiger partial charge < -0.3 is 15.0 Å². The summed E-state index contributed by atoms with van der Waals surface area (Å²) in [5.74, 6) is 1.03. The summed E-state index contributed by atoms with van der Waals surface area (Å²) in [6, 6.07) is 2.27. The van der Waals surface area contributed by atoms with Gasteiger partial charge in [0.2, 0.25) is 0 Å². The lowest BCUT2D eigenvalue weighted by Gasteiger charge is -2.19. The number of aryl methyl sites for hydroxylation is 1. The Kier molecular flexibility index (Phi) is 6.32. The van der Waals surface area contributed by atoms with Gasteiger partial charge in [0.25, 0.3) is 0 Å². The number of nitrogens with zero attached hydrogens (tertiary/aromatic N) is 1. The Morgan fingerprint density at radius 1 is 1.16 bits per heavy atom. The molecule has 0 spiro atoms. The van der Waals surface area contributed by atoms with Gasteiger partial charge in [-0.3, -0.25) is 0 Å². The predicted octanol–water partition coefficient (Wildman–Crippen LogP) is 2.31. The van der Waals surface area contributed by atoms with Gasteiger partial charge in [0.1, 0.15) is 5.75 Å². The minimum absolute atomic E-state index is 1.03. The molecular formula is C16H28N2O. The van der Waals surface area contributed by atoms with Crippen molar-refractivity contribution in [2.24, 2.45) is 0 Å². The van der Waals surface area contributed by atoms with E-state index >= 15 is 0 Å². The van der Waals surface area contributed by atoms with E-state index in [0.717, 1.165) is 31.8 Å². The third kappa shape index (κ3) is 4.22. The lowest BCUT2D eigenvalue weighted by molar-refractivity contribution is 0.339. The summed E-state index contributed by atoms with van der Waals surface area (Å²) in [6.07, 6.45) is 1.09. The van der Waals surface area contributed by atoms with Gasteiger partial charge in [-0.1, -0.05) is 6.07 Å². The Morgan fingerprint density at radius 2 is 1.84 bits per heavy atom. The van der Waals surface area contributed by atoms with E-state index in [0.29, 0.717) is 0 Å². The zero-order chi connectivity index (χ0) is 14.4. The van der Waals surface area contributed by atoms with Crippen LogP contribution in [0.1, 0.15) is 22.3 Å². The lowest BCUT2D eigenvalue weighted by Crippen LogP contribution is -2.29. The Balaban J connectivity index is 2.74. The fourth-order valence-corrected chi connectivity index (χ4v) is 2.44. The number of methoxy groups -OCH3 is 1. The average Bonchev–Trinajstić information content (AvgIpc) is 2.39. The van der Waals surface area contributed by atoms with Crippen LogP contribution in [0.2, 0.25) is 0 Å². The van der Waals surface area contributed by atoms with Crippen LogP contribution in [0.3, 0.4) is 0 Å². The summed E-state index contributed by atoms with van der Waals surface area (Å²) in [7, 11) is 5.92. The summed E-state index contributed by atoms with van der Waals surface area (Å²) in [6.45, 7) is 9.68. The molecule has 108 valence electrons. The fourth-order valence-electron chi connectivity index (χ4n) is 2.44. The third-order valence-corrected chi connectivity index (χ3v) is 3.84. The number of likely N-dealkylation sites (N-methyl/N-ethyl adjacent to an activating group) is 2. The Hall–Kier alpha value is -1.06. The van der Waals surface area contributed by atoms with Crippen molar-refractivity contribution in [1.29, 1.82) is 0 Å². The summed E-state index contributed by atoms with van der Waals surface area (Å²) >= 11 is 0. The van der Waals surface area contributed by atoms with Crippen LogP contribution in [0.5, 0.6) is 5.75 Å². The topological polar surface area (TPSA) is 24.5 Å². The van der Waals surface area contributed by atoms with Crippen molar-refractivity contribution in [1.82, 2.24) is 10.2 Å². The average molecular weight is 264 g/mol. The van der Waals surface area contributed by atoms with Crippen LogP contribution in [0.15, 0.2) is 6.07 Å².